The maximum absolute atomic E-state index is 13.2. The van der Waals surface area contributed by atoms with E-state index in [0.717, 1.165) is 18.2 Å². The van der Waals surface area contributed by atoms with E-state index >= 15 is 0 Å². The first-order chi connectivity index (χ1) is 21.7. The van der Waals surface area contributed by atoms with Crippen molar-refractivity contribution in [2.75, 3.05) is 16.5 Å². The van der Waals surface area contributed by atoms with E-state index in [0.29, 0.717) is 28.2 Å². The third-order valence-electron chi connectivity index (χ3n) is 6.64. The van der Waals surface area contributed by atoms with Crippen molar-refractivity contribution < 1.29 is 35.5 Å². The number of aryl methyl sites for hydroxylation is 1. The highest BCUT2D eigenvalue weighted by molar-refractivity contribution is 7.91. The number of nitrogen functional groups attached to an aromatic ring is 1. The molecule has 6 N–H and O–H groups in total. The number of azo groups is 1. The van der Waals surface area contributed by atoms with Crippen molar-refractivity contribution in [3.8, 4) is 0 Å². The van der Waals surface area contributed by atoms with Gasteiger partial charge in [0.2, 0.25) is 5.78 Å². The van der Waals surface area contributed by atoms with Gasteiger partial charge in [-0.15, -0.1) is 0 Å². The second-order valence-corrected chi connectivity index (χ2v) is 12.7. The van der Waals surface area contributed by atoms with Gasteiger partial charge in [-0.3, -0.25) is 24.1 Å². The van der Waals surface area contributed by atoms with E-state index in [-0.39, 0.29) is 33.3 Å². The highest BCUT2D eigenvalue weighted by Gasteiger charge is 2.33. The maximum Gasteiger partial charge on any atom is 0.296 e. The van der Waals surface area contributed by atoms with Gasteiger partial charge in [-0.1, -0.05) is 0 Å². The van der Waals surface area contributed by atoms with E-state index < -0.39 is 36.6 Å². The van der Waals surface area contributed by atoms with Crippen LogP contribution in [0.3, 0.4) is 0 Å². The van der Waals surface area contributed by atoms with E-state index in [4.69, 9.17) is 10.3 Å². The Morgan fingerprint density at radius 2 is 1.48 bits per heavy atom. The van der Waals surface area contributed by atoms with E-state index in [9.17, 15) is 31.0 Å². The zero-order valence-electron chi connectivity index (χ0n) is 23.7. The Bertz CT molecular complexity index is 2190. The van der Waals surface area contributed by atoms with E-state index in [1.807, 2.05) is 0 Å². The first kappa shape index (κ1) is 31.9. The summed E-state index contributed by atoms with van der Waals surface area (Å²) in [6.45, 7) is 1.78. The molecule has 46 heavy (non-hydrogen) atoms. The van der Waals surface area contributed by atoms with Crippen LogP contribution in [0.2, 0.25) is 0 Å². The number of allylic oxidation sites excluding steroid dienone is 1. The number of anilines is 3. The fourth-order valence-electron chi connectivity index (χ4n) is 4.31. The van der Waals surface area contributed by atoms with Crippen molar-refractivity contribution in [3.63, 3.8) is 0 Å². The Morgan fingerprint density at radius 1 is 0.804 bits per heavy atom. The van der Waals surface area contributed by atoms with E-state index in [2.05, 4.69) is 26.1 Å². The van der Waals surface area contributed by atoms with E-state index in [1.54, 1.807) is 49.4 Å². The smallest absolute Gasteiger partial charge is 0.296 e. The Kier molecular flexibility index (Phi) is 8.62. The topological polar surface area (TPSA) is 230 Å². The van der Waals surface area contributed by atoms with Crippen LogP contribution in [0.5, 0.6) is 0 Å². The number of ketones is 1. The van der Waals surface area contributed by atoms with Crippen LogP contribution in [0.4, 0.5) is 28.4 Å². The third kappa shape index (κ3) is 7.22. The molecule has 4 aromatic rings. The zero-order valence-corrected chi connectivity index (χ0v) is 25.4. The van der Waals surface area contributed by atoms with Gasteiger partial charge in [-0.05, 0) is 109 Å². The molecule has 1 aliphatic rings. The molecule has 16 heteroatoms. The van der Waals surface area contributed by atoms with Crippen LogP contribution >= 0.6 is 0 Å². The normalized spacial score (nSPS) is 14.2. The Morgan fingerprint density at radius 3 is 2.11 bits per heavy atom. The molecule has 1 amide bonds. The lowest BCUT2D eigenvalue weighted by Gasteiger charge is -2.16. The Hall–Kier alpha value is -5.55. The molecule has 5 rings (SSSR count). The molecule has 0 saturated heterocycles. The number of hydrogen-bond donors (Lipinski definition) is 5. The summed E-state index contributed by atoms with van der Waals surface area (Å²) in [5.41, 5.74) is 10.9. The molecule has 0 atom stereocenters. The molecular weight excluding hydrogens is 636 g/mol. The summed E-state index contributed by atoms with van der Waals surface area (Å²) in [5, 5.41) is 15.1. The first-order valence-electron chi connectivity index (χ1n) is 13.2. The maximum atomic E-state index is 13.2. The first-order valence-corrected chi connectivity index (χ1v) is 16.1. The van der Waals surface area contributed by atoms with Gasteiger partial charge in [0, 0.05) is 22.5 Å². The minimum Gasteiger partial charge on any atom is -0.399 e. The number of rotatable bonds is 8. The van der Waals surface area contributed by atoms with Crippen LogP contribution in [0.25, 0.3) is 6.08 Å². The van der Waals surface area contributed by atoms with Crippen molar-refractivity contribution in [1.29, 1.82) is 0 Å². The average molecular weight is 661 g/mol. The number of Topliss-reactive ketones (excluding diaryl/α,β-unsaturated/α-hetero) is 1. The number of fused-ring (bicyclic) bond motifs is 1. The number of benzene rings is 4. The van der Waals surface area contributed by atoms with E-state index in [1.165, 1.54) is 30.3 Å². The Balaban J connectivity index is 1.36. The van der Waals surface area contributed by atoms with Gasteiger partial charge >= 0.3 is 0 Å². The SMILES string of the molecule is Cc1cc(NC(=O)c2ccc(N)cc2)ccc1N=Nc1ccc2c(c1)C=C(S(=O)(=O)O)/C(=N/Nc1ccc(S(=O)(=O)O)cc1)C2=O. The number of hydrogen-bond acceptors (Lipinski definition) is 11. The summed E-state index contributed by atoms with van der Waals surface area (Å²) in [4.78, 5) is 24.6. The highest BCUT2D eigenvalue weighted by Crippen LogP contribution is 2.31. The fourth-order valence-corrected chi connectivity index (χ4v) is 5.45. The molecule has 1 aliphatic carbocycles. The molecule has 0 aliphatic heterocycles. The number of nitrogens with zero attached hydrogens (tertiary/aromatic N) is 3. The summed E-state index contributed by atoms with van der Waals surface area (Å²) in [6.07, 6.45) is 1.07. The summed E-state index contributed by atoms with van der Waals surface area (Å²) in [7, 11) is -9.36. The number of amides is 1. The summed E-state index contributed by atoms with van der Waals surface area (Å²) in [5.74, 6) is -1.13. The Labute approximate surface area is 262 Å². The van der Waals surface area contributed by atoms with Crippen LogP contribution < -0.4 is 16.5 Å². The zero-order chi connectivity index (χ0) is 33.2. The number of nitrogens with one attached hydrogen (secondary N) is 2. The standard InChI is InChI=1S/C30H24N6O8S2/c1-17-14-22(32-30(38)18-2-4-20(31)5-3-18)9-13-26(17)35-34-23-8-12-25-19(15-23)16-27(46(42,43)44)28(29(25)37)36-33-21-6-10-24(11-7-21)45(39,40)41/h2-16,33H,31H2,1H3,(H,32,38)(H,39,40,41)(H,42,43,44)/b35-34?,36-28-. The summed E-state index contributed by atoms with van der Waals surface area (Å²) in [6, 6.07) is 20.4. The molecule has 0 unspecified atom stereocenters. The predicted octanol–water partition coefficient (Wildman–Crippen LogP) is 5.38. The second kappa shape index (κ2) is 12.4. The largest absolute Gasteiger partial charge is 0.399 e. The molecule has 0 fully saturated rings. The second-order valence-electron chi connectivity index (χ2n) is 9.93. The summed E-state index contributed by atoms with van der Waals surface area (Å²) < 4.78 is 65.9. The molecule has 0 saturated carbocycles. The molecule has 0 heterocycles. The van der Waals surface area contributed by atoms with Crippen molar-refractivity contribution in [1.82, 2.24) is 0 Å². The minimum atomic E-state index is -4.92. The molecule has 14 nitrogen and oxygen atoms in total. The van der Waals surface area contributed by atoms with Crippen molar-refractivity contribution in [3.05, 3.63) is 112 Å². The molecule has 0 spiro atoms. The summed E-state index contributed by atoms with van der Waals surface area (Å²) >= 11 is 0. The van der Waals surface area contributed by atoms with Gasteiger partial charge < -0.3 is 11.1 Å². The van der Waals surface area contributed by atoms with Crippen molar-refractivity contribution >= 4 is 72.2 Å². The number of hydrazone groups is 1. The number of carbonyl (C=O) groups is 2. The number of nitrogens with two attached hydrogens (primary N) is 1. The van der Waals surface area contributed by atoms with Crippen LogP contribution in [0.15, 0.2) is 110 Å². The third-order valence-corrected chi connectivity index (χ3v) is 8.38. The molecular formula is C30H24N6O8S2. The van der Waals surface area contributed by atoms with Crippen LogP contribution in [0.1, 0.15) is 31.8 Å². The lowest BCUT2D eigenvalue weighted by atomic mass is 9.94. The minimum absolute atomic E-state index is 0.0750. The lowest BCUT2D eigenvalue weighted by molar-refractivity contribution is 0.102. The highest BCUT2D eigenvalue weighted by atomic mass is 32.2. The van der Waals surface area contributed by atoms with Gasteiger partial charge in [-0.2, -0.15) is 32.2 Å². The average Bonchev–Trinajstić information content (AvgIpc) is 2.99. The number of carbonyl (C=O) groups excluding carboxylic acids is 2. The fraction of sp³-hybridized carbons (Fsp3) is 0.0333. The van der Waals surface area contributed by atoms with Crippen LogP contribution in [0, 0.1) is 6.92 Å². The van der Waals surface area contributed by atoms with Gasteiger partial charge in [0.1, 0.15) is 4.91 Å². The molecule has 234 valence electrons. The molecule has 0 bridgehead atoms. The lowest BCUT2D eigenvalue weighted by Crippen LogP contribution is -2.27. The van der Waals surface area contributed by atoms with Crippen LogP contribution in [-0.2, 0) is 20.2 Å². The van der Waals surface area contributed by atoms with Crippen molar-refractivity contribution in [2.45, 2.75) is 11.8 Å². The molecule has 4 aromatic carbocycles. The molecule has 0 aromatic heterocycles. The van der Waals surface area contributed by atoms with Gasteiger partial charge in [0.25, 0.3) is 26.1 Å². The van der Waals surface area contributed by atoms with Crippen molar-refractivity contribution in [2.24, 2.45) is 15.3 Å². The van der Waals surface area contributed by atoms with Gasteiger partial charge in [-0.25, -0.2) is 0 Å². The van der Waals surface area contributed by atoms with Gasteiger partial charge in [0.15, 0.2) is 5.71 Å². The predicted molar refractivity (Wildman–Crippen MR) is 172 cm³/mol. The van der Waals surface area contributed by atoms with Gasteiger partial charge in [0.05, 0.1) is 22.0 Å². The van der Waals surface area contributed by atoms with Crippen LogP contribution in [-0.4, -0.2) is 43.3 Å². The quantitative estimate of drug-likeness (QED) is 0.0700. The monoisotopic (exact) mass is 660 g/mol. The molecule has 0 radical (unpaired) electrons.